The van der Waals surface area contributed by atoms with Crippen LogP contribution in [0.15, 0.2) is 77.8 Å². The van der Waals surface area contributed by atoms with Gasteiger partial charge in [-0.05, 0) is 47.4 Å². The number of hydrogen-bond donors (Lipinski definition) is 1. The Kier molecular flexibility index (Phi) is 4.72. The second-order valence-corrected chi connectivity index (χ2v) is 9.10. The van der Waals surface area contributed by atoms with Crippen LogP contribution in [0, 0.1) is 11.3 Å². The van der Waals surface area contributed by atoms with Gasteiger partial charge in [0.1, 0.15) is 11.9 Å². The van der Waals surface area contributed by atoms with E-state index in [1.807, 2.05) is 30.3 Å². The molecule has 2 aliphatic rings. The number of nitrogens with zero attached hydrogens (tertiary/aromatic N) is 2. The number of ether oxygens (including phenoxy) is 1. The van der Waals surface area contributed by atoms with Gasteiger partial charge in [-0.1, -0.05) is 60.3 Å². The van der Waals surface area contributed by atoms with Crippen molar-refractivity contribution in [1.29, 1.82) is 5.26 Å². The van der Waals surface area contributed by atoms with Gasteiger partial charge in [0.05, 0.1) is 16.4 Å². The molecule has 0 saturated carbocycles. The summed E-state index contributed by atoms with van der Waals surface area (Å²) in [6.45, 7) is 0.716. The van der Waals surface area contributed by atoms with Crippen molar-refractivity contribution in [2.75, 3.05) is 6.54 Å². The lowest BCUT2D eigenvalue weighted by atomic mass is 9.83. The lowest BCUT2D eigenvalue weighted by Crippen LogP contribution is -2.37. The molecule has 148 valence electrons. The molecule has 2 heterocycles. The molecule has 2 unspecified atom stereocenters. The third kappa shape index (κ3) is 3.34. The molecule has 0 radical (unpaired) electrons. The van der Waals surface area contributed by atoms with Crippen LogP contribution in [0.5, 0.6) is 5.75 Å². The first kappa shape index (κ1) is 18.8. The third-order valence-electron chi connectivity index (χ3n) is 5.83. The monoisotopic (exact) mass is 411 g/mol. The van der Waals surface area contributed by atoms with Crippen molar-refractivity contribution in [2.24, 2.45) is 10.7 Å². The fourth-order valence-corrected chi connectivity index (χ4v) is 5.61. The van der Waals surface area contributed by atoms with Gasteiger partial charge in [0.25, 0.3) is 0 Å². The van der Waals surface area contributed by atoms with E-state index in [1.165, 1.54) is 5.56 Å². The van der Waals surface area contributed by atoms with E-state index in [0.29, 0.717) is 17.3 Å². The quantitative estimate of drug-likeness (QED) is 0.613. The van der Waals surface area contributed by atoms with Crippen molar-refractivity contribution >= 4 is 16.9 Å². The van der Waals surface area contributed by atoms with Gasteiger partial charge in [-0.3, -0.25) is 4.99 Å². The molecule has 30 heavy (non-hydrogen) atoms. The van der Waals surface area contributed by atoms with E-state index >= 15 is 0 Å². The van der Waals surface area contributed by atoms with E-state index in [-0.39, 0.29) is 10.9 Å². The first-order valence-electron chi connectivity index (χ1n) is 10.0. The van der Waals surface area contributed by atoms with E-state index < -0.39 is 0 Å². The Morgan fingerprint density at radius 3 is 2.67 bits per heavy atom. The van der Waals surface area contributed by atoms with E-state index in [0.717, 1.165) is 35.3 Å². The summed E-state index contributed by atoms with van der Waals surface area (Å²) in [6, 6.07) is 26.6. The van der Waals surface area contributed by atoms with E-state index in [1.54, 1.807) is 11.8 Å². The standard InChI is InChI=1S/C25H21N3OS/c26-16-17-5-4-8-19(13-17)20-9-10-22-21(14-20)25(11-12-28-24(27)30-25)15-23(29-22)18-6-2-1-3-7-18/h1-10,13-14,23H,11-12,15H2,(H2,27,28). The van der Waals surface area contributed by atoms with Crippen molar-refractivity contribution in [1.82, 2.24) is 0 Å². The lowest BCUT2D eigenvalue weighted by Gasteiger charge is -2.43. The third-order valence-corrected chi connectivity index (χ3v) is 7.15. The Morgan fingerprint density at radius 1 is 1.03 bits per heavy atom. The highest BCUT2D eigenvalue weighted by Crippen LogP contribution is 2.55. The molecule has 3 aromatic carbocycles. The minimum absolute atomic E-state index is 0.0233. The summed E-state index contributed by atoms with van der Waals surface area (Å²) >= 11 is 1.66. The zero-order valence-electron chi connectivity index (χ0n) is 16.4. The predicted octanol–water partition coefficient (Wildman–Crippen LogP) is 5.40. The molecule has 0 aromatic heterocycles. The summed E-state index contributed by atoms with van der Waals surface area (Å²) in [7, 11) is 0. The van der Waals surface area contributed by atoms with E-state index in [9.17, 15) is 5.26 Å². The topological polar surface area (TPSA) is 71.4 Å². The van der Waals surface area contributed by atoms with Crippen LogP contribution in [0.25, 0.3) is 11.1 Å². The van der Waals surface area contributed by atoms with Crippen LogP contribution >= 0.6 is 11.8 Å². The molecule has 2 N–H and O–H groups in total. The van der Waals surface area contributed by atoms with Crippen molar-refractivity contribution in [2.45, 2.75) is 23.7 Å². The molecule has 4 nitrogen and oxygen atoms in total. The van der Waals surface area contributed by atoms with E-state index in [4.69, 9.17) is 10.5 Å². The summed E-state index contributed by atoms with van der Waals surface area (Å²) < 4.78 is 6.29. The zero-order valence-corrected chi connectivity index (χ0v) is 17.2. The Bertz CT molecular complexity index is 1170. The molecule has 0 aliphatic carbocycles. The SMILES string of the molecule is N#Cc1cccc(-c2ccc3c(c2)C2(CCN=C(N)S2)CC(c2ccccc2)O3)c1. The van der Waals surface area contributed by atoms with Gasteiger partial charge >= 0.3 is 0 Å². The van der Waals surface area contributed by atoms with Crippen LogP contribution in [0.1, 0.15) is 35.6 Å². The summed E-state index contributed by atoms with van der Waals surface area (Å²) in [5.41, 5.74) is 11.3. The van der Waals surface area contributed by atoms with Gasteiger partial charge in [-0.2, -0.15) is 5.26 Å². The van der Waals surface area contributed by atoms with Crippen molar-refractivity contribution in [3.8, 4) is 22.9 Å². The second kappa shape index (κ2) is 7.55. The van der Waals surface area contributed by atoms with Gasteiger partial charge in [0.2, 0.25) is 0 Å². The van der Waals surface area contributed by atoms with Gasteiger partial charge in [-0.15, -0.1) is 0 Å². The normalized spacial score (nSPS) is 22.5. The average molecular weight is 412 g/mol. The number of fused-ring (bicyclic) bond motifs is 2. The molecule has 0 fully saturated rings. The van der Waals surface area contributed by atoms with Crippen molar-refractivity contribution in [3.05, 3.63) is 89.5 Å². The van der Waals surface area contributed by atoms with Crippen LogP contribution in [0.4, 0.5) is 0 Å². The predicted molar refractivity (Wildman–Crippen MR) is 121 cm³/mol. The maximum absolute atomic E-state index is 9.27. The number of benzene rings is 3. The molecule has 5 heteroatoms. The van der Waals surface area contributed by atoms with Crippen molar-refractivity contribution < 1.29 is 4.74 Å². The molecular weight excluding hydrogens is 390 g/mol. The molecule has 3 aromatic rings. The number of hydrogen-bond acceptors (Lipinski definition) is 5. The number of amidine groups is 1. The zero-order chi connectivity index (χ0) is 20.6. The first-order valence-corrected chi connectivity index (χ1v) is 10.8. The molecule has 2 atom stereocenters. The Hall–Kier alpha value is -3.23. The molecular formula is C25H21N3OS. The summed E-state index contributed by atoms with van der Waals surface area (Å²) in [4.78, 5) is 4.43. The Balaban J connectivity index is 1.62. The van der Waals surface area contributed by atoms with Crippen LogP contribution in [0.3, 0.4) is 0 Å². The van der Waals surface area contributed by atoms with Crippen molar-refractivity contribution in [3.63, 3.8) is 0 Å². The Labute approximate surface area is 180 Å². The average Bonchev–Trinajstić information content (AvgIpc) is 2.79. The van der Waals surface area contributed by atoms with Crippen LogP contribution in [0.2, 0.25) is 0 Å². The summed E-state index contributed by atoms with van der Waals surface area (Å²) in [6.07, 6.45) is 1.73. The highest BCUT2D eigenvalue weighted by Gasteiger charge is 2.45. The maximum atomic E-state index is 9.27. The van der Waals surface area contributed by atoms with Gasteiger partial charge in [0, 0.05) is 18.5 Å². The smallest absolute Gasteiger partial charge is 0.154 e. The molecule has 5 rings (SSSR count). The second-order valence-electron chi connectivity index (χ2n) is 7.69. The number of thioether (sulfide) groups is 1. The maximum Gasteiger partial charge on any atom is 0.154 e. The lowest BCUT2D eigenvalue weighted by molar-refractivity contribution is 0.149. The number of nitrogens with two attached hydrogens (primary N) is 1. The molecule has 1 spiro atoms. The molecule has 2 aliphatic heterocycles. The Morgan fingerprint density at radius 2 is 1.87 bits per heavy atom. The van der Waals surface area contributed by atoms with Gasteiger partial charge in [-0.25, -0.2) is 0 Å². The molecule has 0 saturated heterocycles. The molecule has 0 amide bonds. The van der Waals surface area contributed by atoms with Gasteiger partial charge in [0.15, 0.2) is 5.17 Å². The largest absolute Gasteiger partial charge is 0.485 e. The number of aliphatic imine (C=N–C) groups is 1. The van der Waals surface area contributed by atoms with E-state index in [2.05, 4.69) is 53.5 Å². The summed E-state index contributed by atoms with van der Waals surface area (Å²) in [5, 5.41) is 9.90. The van der Waals surface area contributed by atoms with Crippen LogP contribution in [-0.2, 0) is 4.75 Å². The van der Waals surface area contributed by atoms with Crippen LogP contribution in [-0.4, -0.2) is 11.7 Å². The highest BCUT2D eigenvalue weighted by atomic mass is 32.2. The first-order chi connectivity index (χ1) is 14.7. The fourth-order valence-electron chi connectivity index (χ4n) is 4.36. The minimum atomic E-state index is -0.178. The number of nitriles is 1. The fraction of sp³-hybridized carbons (Fsp3) is 0.200. The van der Waals surface area contributed by atoms with Crippen LogP contribution < -0.4 is 10.5 Å². The molecule has 0 bridgehead atoms. The van der Waals surface area contributed by atoms with Gasteiger partial charge < -0.3 is 10.5 Å². The minimum Gasteiger partial charge on any atom is -0.485 e. The highest BCUT2D eigenvalue weighted by molar-refractivity contribution is 8.14. The summed E-state index contributed by atoms with van der Waals surface area (Å²) in [5.74, 6) is 0.900. The number of rotatable bonds is 2.